The van der Waals surface area contributed by atoms with Gasteiger partial charge in [0.1, 0.15) is 0 Å². The van der Waals surface area contributed by atoms with Crippen LogP contribution in [-0.4, -0.2) is 19.9 Å². The van der Waals surface area contributed by atoms with Gasteiger partial charge in [0.2, 0.25) is 0 Å². The first kappa shape index (κ1) is 13.9. The van der Waals surface area contributed by atoms with E-state index in [0.717, 1.165) is 36.0 Å². The first-order valence-corrected chi connectivity index (χ1v) is 7.54. The Labute approximate surface area is 126 Å². The van der Waals surface area contributed by atoms with E-state index in [1.165, 1.54) is 5.69 Å². The summed E-state index contributed by atoms with van der Waals surface area (Å²) in [5.41, 5.74) is 4.23. The second kappa shape index (κ2) is 5.72. The van der Waals surface area contributed by atoms with Crippen molar-refractivity contribution < 1.29 is 4.79 Å². The molecule has 0 aliphatic heterocycles. The lowest BCUT2D eigenvalue weighted by molar-refractivity contribution is -0.113. The van der Waals surface area contributed by atoms with E-state index in [2.05, 4.69) is 41.3 Å². The smallest absolute Gasteiger partial charge is 0.185 e. The monoisotopic (exact) mass is 279 g/mol. The fourth-order valence-corrected chi connectivity index (χ4v) is 3.05. The van der Waals surface area contributed by atoms with Gasteiger partial charge in [-0.15, -0.1) is 0 Å². The van der Waals surface area contributed by atoms with E-state index >= 15 is 0 Å². The van der Waals surface area contributed by atoms with E-state index < -0.39 is 0 Å². The molecular weight excluding hydrogens is 258 g/mol. The molecule has 1 aromatic rings. The molecule has 1 saturated carbocycles. The lowest BCUT2D eigenvalue weighted by Gasteiger charge is -2.27. The summed E-state index contributed by atoms with van der Waals surface area (Å²) < 4.78 is 0. The molecule has 0 N–H and O–H groups in total. The SMILES string of the molecule is CN(C)c1ccc(C=C2CCC3CC=CC=C3C2=O)cc1. The molecule has 1 aromatic carbocycles. The van der Waals surface area contributed by atoms with Crippen molar-refractivity contribution in [3.8, 4) is 0 Å². The highest BCUT2D eigenvalue weighted by molar-refractivity contribution is 6.12. The van der Waals surface area contributed by atoms with E-state index in [1.54, 1.807) is 0 Å². The molecule has 1 atom stereocenters. The van der Waals surface area contributed by atoms with Gasteiger partial charge < -0.3 is 4.90 Å². The molecule has 2 aliphatic carbocycles. The number of fused-ring (bicyclic) bond motifs is 1. The van der Waals surface area contributed by atoms with Crippen LogP contribution in [0.15, 0.2) is 53.6 Å². The summed E-state index contributed by atoms with van der Waals surface area (Å²) in [6, 6.07) is 8.34. The molecule has 0 amide bonds. The van der Waals surface area contributed by atoms with Crippen LogP contribution in [0.5, 0.6) is 0 Å². The van der Waals surface area contributed by atoms with E-state index in [-0.39, 0.29) is 5.78 Å². The maximum atomic E-state index is 12.6. The largest absolute Gasteiger partial charge is 0.378 e. The van der Waals surface area contributed by atoms with Crippen molar-refractivity contribution in [2.75, 3.05) is 19.0 Å². The summed E-state index contributed by atoms with van der Waals surface area (Å²) in [5.74, 6) is 0.683. The highest BCUT2D eigenvalue weighted by Crippen LogP contribution is 2.35. The average Bonchev–Trinajstić information content (AvgIpc) is 2.51. The fraction of sp³-hybridized carbons (Fsp3) is 0.316. The summed E-state index contributed by atoms with van der Waals surface area (Å²) in [5, 5.41) is 0. The van der Waals surface area contributed by atoms with E-state index in [0.29, 0.717) is 5.92 Å². The molecule has 1 fully saturated rings. The van der Waals surface area contributed by atoms with Gasteiger partial charge in [0.15, 0.2) is 5.78 Å². The highest BCUT2D eigenvalue weighted by atomic mass is 16.1. The Hall–Kier alpha value is -2.09. The quantitative estimate of drug-likeness (QED) is 0.763. The number of nitrogens with zero attached hydrogens (tertiary/aromatic N) is 1. The van der Waals surface area contributed by atoms with Gasteiger partial charge in [-0.2, -0.15) is 0 Å². The summed E-state index contributed by atoms with van der Waals surface area (Å²) in [6.07, 6.45) is 11.2. The van der Waals surface area contributed by atoms with Gasteiger partial charge >= 0.3 is 0 Å². The molecule has 0 spiro atoms. The van der Waals surface area contributed by atoms with Crippen LogP contribution in [0.2, 0.25) is 0 Å². The number of benzene rings is 1. The number of carbonyl (C=O) groups excluding carboxylic acids is 1. The van der Waals surface area contributed by atoms with Crippen molar-refractivity contribution in [1.29, 1.82) is 0 Å². The Morgan fingerprint density at radius 1 is 1.19 bits per heavy atom. The van der Waals surface area contributed by atoms with E-state index in [4.69, 9.17) is 0 Å². The number of ketones is 1. The molecule has 0 heterocycles. The van der Waals surface area contributed by atoms with Crippen LogP contribution >= 0.6 is 0 Å². The van der Waals surface area contributed by atoms with Gasteiger partial charge in [-0.25, -0.2) is 0 Å². The van der Waals surface area contributed by atoms with Gasteiger partial charge in [0, 0.05) is 30.9 Å². The van der Waals surface area contributed by atoms with Gasteiger partial charge in [-0.05, 0) is 49.0 Å². The minimum Gasteiger partial charge on any atom is -0.378 e. The Morgan fingerprint density at radius 2 is 1.95 bits per heavy atom. The second-order valence-corrected chi connectivity index (χ2v) is 6.01. The molecule has 2 heteroatoms. The van der Waals surface area contributed by atoms with Crippen molar-refractivity contribution >= 4 is 17.5 Å². The molecule has 0 bridgehead atoms. The van der Waals surface area contributed by atoms with Crippen LogP contribution in [0.4, 0.5) is 5.69 Å². The molecule has 3 rings (SSSR count). The summed E-state index contributed by atoms with van der Waals surface area (Å²) in [7, 11) is 4.06. The van der Waals surface area contributed by atoms with Crippen LogP contribution in [-0.2, 0) is 4.79 Å². The minimum atomic E-state index is 0.243. The lowest BCUT2D eigenvalue weighted by atomic mass is 9.76. The van der Waals surface area contributed by atoms with Crippen molar-refractivity contribution in [2.45, 2.75) is 19.3 Å². The molecule has 0 aromatic heterocycles. The van der Waals surface area contributed by atoms with Crippen LogP contribution in [0, 0.1) is 5.92 Å². The summed E-state index contributed by atoms with van der Waals surface area (Å²) in [6.45, 7) is 0. The fourth-order valence-electron chi connectivity index (χ4n) is 3.05. The number of hydrogen-bond donors (Lipinski definition) is 0. The summed E-state index contributed by atoms with van der Waals surface area (Å²) in [4.78, 5) is 14.6. The molecular formula is C19H21NO. The normalized spacial score (nSPS) is 23.0. The first-order valence-electron chi connectivity index (χ1n) is 7.54. The van der Waals surface area contributed by atoms with Gasteiger partial charge in [-0.1, -0.05) is 30.4 Å². The molecule has 0 radical (unpaired) electrons. The Balaban J connectivity index is 1.84. The van der Waals surface area contributed by atoms with Crippen LogP contribution in [0.25, 0.3) is 6.08 Å². The van der Waals surface area contributed by atoms with E-state index in [9.17, 15) is 4.79 Å². The number of Topliss-reactive ketones (excluding diaryl/α,β-unsaturated/α-hetero) is 1. The molecule has 108 valence electrons. The Bertz CT molecular complexity index is 632. The van der Waals surface area contributed by atoms with Gasteiger partial charge in [0.25, 0.3) is 0 Å². The van der Waals surface area contributed by atoms with Crippen LogP contribution < -0.4 is 4.90 Å². The summed E-state index contributed by atoms with van der Waals surface area (Å²) >= 11 is 0. The maximum absolute atomic E-state index is 12.6. The number of carbonyl (C=O) groups is 1. The zero-order chi connectivity index (χ0) is 14.8. The number of hydrogen-bond acceptors (Lipinski definition) is 2. The third-order valence-corrected chi connectivity index (χ3v) is 4.34. The molecule has 0 saturated heterocycles. The Morgan fingerprint density at radius 3 is 2.67 bits per heavy atom. The standard InChI is InChI=1S/C19H21NO/c1-20(2)17-11-7-14(8-12-17)13-16-10-9-15-5-3-4-6-18(15)19(16)21/h3-4,6-8,11-13,15H,5,9-10H2,1-2H3. The second-order valence-electron chi connectivity index (χ2n) is 6.01. The predicted octanol–water partition coefficient (Wildman–Crippen LogP) is 4.00. The van der Waals surface area contributed by atoms with Crippen molar-refractivity contribution in [3.63, 3.8) is 0 Å². The average molecular weight is 279 g/mol. The minimum absolute atomic E-state index is 0.243. The van der Waals surface area contributed by atoms with Gasteiger partial charge in [0.05, 0.1) is 0 Å². The van der Waals surface area contributed by atoms with Crippen LogP contribution in [0.3, 0.4) is 0 Å². The molecule has 21 heavy (non-hydrogen) atoms. The third kappa shape index (κ3) is 2.85. The first-order chi connectivity index (χ1) is 10.1. The zero-order valence-electron chi connectivity index (χ0n) is 12.7. The molecule has 2 nitrogen and oxygen atoms in total. The zero-order valence-corrected chi connectivity index (χ0v) is 12.7. The number of rotatable bonds is 2. The Kier molecular flexibility index (Phi) is 3.78. The predicted molar refractivity (Wildman–Crippen MR) is 88.3 cm³/mol. The van der Waals surface area contributed by atoms with Gasteiger partial charge in [-0.3, -0.25) is 4.79 Å². The van der Waals surface area contributed by atoms with Crippen molar-refractivity contribution in [2.24, 2.45) is 5.92 Å². The topological polar surface area (TPSA) is 20.3 Å². The highest BCUT2D eigenvalue weighted by Gasteiger charge is 2.29. The van der Waals surface area contributed by atoms with Crippen molar-refractivity contribution in [3.05, 3.63) is 59.2 Å². The maximum Gasteiger partial charge on any atom is 0.185 e. The third-order valence-electron chi connectivity index (χ3n) is 4.34. The molecule has 1 unspecified atom stereocenters. The van der Waals surface area contributed by atoms with Crippen molar-refractivity contribution in [1.82, 2.24) is 0 Å². The molecule has 2 aliphatic rings. The number of anilines is 1. The number of allylic oxidation sites excluding steroid dienone is 5. The lowest BCUT2D eigenvalue weighted by Crippen LogP contribution is -2.22. The van der Waals surface area contributed by atoms with E-state index in [1.807, 2.05) is 26.2 Å². The van der Waals surface area contributed by atoms with Crippen LogP contribution in [0.1, 0.15) is 24.8 Å².